The monoisotopic (exact) mass is 324 g/mol. The third-order valence-electron chi connectivity index (χ3n) is 4.71. The van der Waals surface area contributed by atoms with Crippen molar-refractivity contribution in [3.8, 4) is 0 Å². The van der Waals surface area contributed by atoms with E-state index in [2.05, 4.69) is 25.8 Å². The number of nitrogens with zero attached hydrogens (tertiary/aromatic N) is 2. The molecule has 0 spiro atoms. The molecular weight excluding hydrogens is 296 g/mol. The van der Waals surface area contributed by atoms with Crippen LogP contribution in [-0.2, 0) is 19.0 Å². The molecule has 0 saturated heterocycles. The normalized spacial score (nSPS) is 32.9. The van der Waals surface area contributed by atoms with E-state index in [0.29, 0.717) is 18.4 Å². The maximum Gasteiger partial charge on any atom is 0.309 e. The molecule has 3 unspecified atom stereocenters. The van der Waals surface area contributed by atoms with Gasteiger partial charge in [-0.1, -0.05) is 27.2 Å². The van der Waals surface area contributed by atoms with Crippen LogP contribution in [0.25, 0.3) is 0 Å². The summed E-state index contributed by atoms with van der Waals surface area (Å²) in [6.45, 7) is 8.46. The topological polar surface area (TPSA) is 69.5 Å². The van der Waals surface area contributed by atoms with Gasteiger partial charge in [0.05, 0.1) is 26.7 Å². The smallest absolute Gasteiger partial charge is 0.309 e. The first-order valence-electron chi connectivity index (χ1n) is 8.40. The van der Waals surface area contributed by atoms with Crippen molar-refractivity contribution in [1.29, 1.82) is 0 Å². The van der Waals surface area contributed by atoms with Crippen molar-refractivity contribution in [1.82, 2.24) is 0 Å². The molecule has 0 N–H and O–H groups in total. The Balaban J connectivity index is 2.25. The van der Waals surface area contributed by atoms with Gasteiger partial charge in [0.1, 0.15) is 12.1 Å². The minimum absolute atomic E-state index is 0.0796. The van der Waals surface area contributed by atoms with Crippen LogP contribution in [0.1, 0.15) is 34.1 Å². The standard InChI is InChI=1S/C17H28N2O4/c1-7-10-11(12(10)17(20)23-8-2)14-16(22-6)18-13(9(3)4)15(19-14)21-5/h9-14H,7-8H2,1-6H3/t10?,11?,12?,13-,14-/m1/s1. The Hall–Kier alpha value is -1.59. The van der Waals surface area contributed by atoms with Gasteiger partial charge < -0.3 is 14.2 Å². The number of methoxy groups -OCH3 is 2. The molecule has 0 aromatic carbocycles. The van der Waals surface area contributed by atoms with E-state index in [1.165, 1.54) is 0 Å². The zero-order chi connectivity index (χ0) is 17.1. The van der Waals surface area contributed by atoms with Crippen molar-refractivity contribution >= 4 is 17.8 Å². The van der Waals surface area contributed by atoms with Crippen LogP contribution < -0.4 is 0 Å². The van der Waals surface area contributed by atoms with Gasteiger partial charge >= 0.3 is 5.97 Å². The van der Waals surface area contributed by atoms with Crippen LogP contribution in [0, 0.1) is 23.7 Å². The van der Waals surface area contributed by atoms with E-state index in [0.717, 1.165) is 6.42 Å². The van der Waals surface area contributed by atoms with Gasteiger partial charge in [-0.3, -0.25) is 4.79 Å². The summed E-state index contributed by atoms with van der Waals surface area (Å²) in [7, 11) is 3.23. The molecule has 2 aliphatic rings. The molecule has 6 nitrogen and oxygen atoms in total. The second-order valence-corrected chi connectivity index (χ2v) is 6.40. The number of carbonyl (C=O) groups excluding carboxylic acids is 1. The lowest BCUT2D eigenvalue weighted by Gasteiger charge is -2.27. The first-order chi connectivity index (χ1) is 11.0. The van der Waals surface area contributed by atoms with E-state index in [1.54, 1.807) is 14.2 Å². The summed E-state index contributed by atoms with van der Waals surface area (Å²) in [4.78, 5) is 21.6. The zero-order valence-corrected chi connectivity index (χ0v) is 14.9. The van der Waals surface area contributed by atoms with Crippen molar-refractivity contribution in [2.24, 2.45) is 33.7 Å². The first-order valence-corrected chi connectivity index (χ1v) is 8.40. The van der Waals surface area contributed by atoms with Gasteiger partial charge in [-0.2, -0.15) is 0 Å². The molecule has 0 amide bonds. The lowest BCUT2D eigenvalue weighted by molar-refractivity contribution is -0.145. The molecule has 0 aromatic rings. The molecule has 0 aromatic heterocycles. The zero-order valence-electron chi connectivity index (χ0n) is 14.9. The number of ether oxygens (including phenoxy) is 3. The molecule has 1 aliphatic heterocycles. The fourth-order valence-electron chi connectivity index (χ4n) is 3.50. The Bertz CT molecular complexity index is 501. The SMILES string of the molecule is CCOC(=O)C1C(CC)C1[C@H]1N=C(OC)[C@@H](C(C)C)N=C1OC. The van der Waals surface area contributed by atoms with Crippen molar-refractivity contribution in [2.45, 2.75) is 46.2 Å². The van der Waals surface area contributed by atoms with Crippen molar-refractivity contribution in [3.05, 3.63) is 0 Å². The molecule has 6 heteroatoms. The second-order valence-electron chi connectivity index (χ2n) is 6.40. The molecule has 23 heavy (non-hydrogen) atoms. The molecule has 0 radical (unpaired) electrons. The minimum Gasteiger partial charge on any atom is -0.483 e. The molecular formula is C17H28N2O4. The fraction of sp³-hybridized carbons (Fsp3) is 0.824. The van der Waals surface area contributed by atoms with Crippen LogP contribution in [0.5, 0.6) is 0 Å². The van der Waals surface area contributed by atoms with Gasteiger partial charge in [0.25, 0.3) is 0 Å². The van der Waals surface area contributed by atoms with Crippen LogP contribution in [0.15, 0.2) is 9.98 Å². The summed E-state index contributed by atoms with van der Waals surface area (Å²) in [5.74, 6) is 1.56. The predicted molar refractivity (Wildman–Crippen MR) is 88.7 cm³/mol. The lowest BCUT2D eigenvalue weighted by Crippen LogP contribution is -2.39. The van der Waals surface area contributed by atoms with E-state index in [4.69, 9.17) is 19.2 Å². The minimum atomic E-state index is -0.260. The molecule has 0 bridgehead atoms. The summed E-state index contributed by atoms with van der Waals surface area (Å²) in [5.41, 5.74) is 0. The number of hydrogen-bond donors (Lipinski definition) is 0. The van der Waals surface area contributed by atoms with E-state index in [1.807, 2.05) is 6.92 Å². The Morgan fingerprint density at radius 3 is 2.26 bits per heavy atom. The van der Waals surface area contributed by atoms with Gasteiger partial charge in [0.15, 0.2) is 0 Å². The van der Waals surface area contributed by atoms with Gasteiger partial charge in [-0.15, -0.1) is 0 Å². The summed E-state index contributed by atoms with van der Waals surface area (Å²) in [5, 5.41) is 0. The molecule has 1 aliphatic carbocycles. The van der Waals surface area contributed by atoms with E-state index in [9.17, 15) is 4.79 Å². The number of carbonyl (C=O) groups is 1. The van der Waals surface area contributed by atoms with Crippen molar-refractivity contribution in [2.75, 3.05) is 20.8 Å². The highest BCUT2D eigenvalue weighted by molar-refractivity contribution is 5.95. The molecule has 2 rings (SSSR count). The molecule has 1 saturated carbocycles. The Morgan fingerprint density at radius 2 is 1.78 bits per heavy atom. The molecule has 130 valence electrons. The molecule has 5 atom stereocenters. The maximum absolute atomic E-state index is 12.2. The summed E-state index contributed by atoms with van der Waals surface area (Å²) >= 11 is 0. The van der Waals surface area contributed by atoms with Crippen LogP contribution in [0.4, 0.5) is 0 Å². The highest BCUT2D eigenvalue weighted by Gasteiger charge is 2.60. The average molecular weight is 324 g/mol. The number of esters is 1. The van der Waals surface area contributed by atoms with E-state index >= 15 is 0 Å². The molecule has 1 fully saturated rings. The van der Waals surface area contributed by atoms with Gasteiger partial charge in [-0.25, -0.2) is 9.98 Å². The number of rotatable bonds is 5. The van der Waals surface area contributed by atoms with Crippen molar-refractivity contribution < 1.29 is 19.0 Å². The van der Waals surface area contributed by atoms with E-state index in [-0.39, 0.29) is 41.7 Å². The second kappa shape index (κ2) is 7.32. The predicted octanol–water partition coefficient (Wildman–Crippen LogP) is 2.32. The third kappa shape index (κ3) is 3.35. The molecule has 1 heterocycles. The largest absolute Gasteiger partial charge is 0.483 e. The average Bonchev–Trinajstić information content (AvgIpc) is 3.27. The number of aliphatic imine (C=N–C) groups is 2. The van der Waals surface area contributed by atoms with Crippen LogP contribution in [0.2, 0.25) is 0 Å². The van der Waals surface area contributed by atoms with Crippen LogP contribution in [-0.4, -0.2) is 50.7 Å². The number of hydrogen-bond acceptors (Lipinski definition) is 6. The van der Waals surface area contributed by atoms with Gasteiger partial charge in [-0.05, 0) is 18.8 Å². The Labute approximate surface area is 138 Å². The highest BCUT2D eigenvalue weighted by Crippen LogP contribution is 2.53. The third-order valence-corrected chi connectivity index (χ3v) is 4.71. The summed E-state index contributed by atoms with van der Waals surface area (Å²) in [6, 6.07) is -0.393. The quantitative estimate of drug-likeness (QED) is 0.728. The fourth-order valence-corrected chi connectivity index (χ4v) is 3.50. The van der Waals surface area contributed by atoms with Crippen LogP contribution in [0.3, 0.4) is 0 Å². The highest BCUT2D eigenvalue weighted by atomic mass is 16.5. The van der Waals surface area contributed by atoms with Gasteiger partial charge in [0, 0.05) is 5.92 Å². The summed E-state index contributed by atoms with van der Waals surface area (Å²) in [6.07, 6.45) is 0.910. The van der Waals surface area contributed by atoms with Crippen LogP contribution >= 0.6 is 0 Å². The Morgan fingerprint density at radius 1 is 1.13 bits per heavy atom. The van der Waals surface area contributed by atoms with Crippen molar-refractivity contribution in [3.63, 3.8) is 0 Å². The van der Waals surface area contributed by atoms with E-state index < -0.39 is 0 Å². The summed E-state index contributed by atoms with van der Waals surface area (Å²) < 4.78 is 16.1. The maximum atomic E-state index is 12.2. The Kier molecular flexibility index (Phi) is 5.65. The first kappa shape index (κ1) is 17.8. The lowest BCUT2D eigenvalue weighted by atomic mass is 10.0. The van der Waals surface area contributed by atoms with Gasteiger partial charge in [0.2, 0.25) is 11.8 Å².